The van der Waals surface area contributed by atoms with Gasteiger partial charge in [0.25, 0.3) is 5.91 Å². The van der Waals surface area contributed by atoms with Crippen molar-refractivity contribution < 1.29 is 13.9 Å². The molecule has 0 heterocycles. The van der Waals surface area contributed by atoms with E-state index in [2.05, 4.69) is 21.2 Å². The van der Waals surface area contributed by atoms with E-state index < -0.39 is 0 Å². The number of halogens is 2. The lowest BCUT2D eigenvalue weighted by molar-refractivity contribution is 0.0947. The third-order valence-electron chi connectivity index (χ3n) is 4.10. The lowest BCUT2D eigenvalue weighted by atomic mass is 10.1. The molecule has 3 nitrogen and oxygen atoms in total. The maximum Gasteiger partial charge on any atom is 0.252 e. The first-order valence-electron chi connectivity index (χ1n) is 8.55. The topological polar surface area (TPSA) is 38.3 Å². The molecule has 0 unspecified atom stereocenters. The SMILES string of the molecule is O=C(NCc1ccccc1COCc1ccccc1)c1ccc(F)cc1Br. The molecule has 0 aliphatic heterocycles. The Morgan fingerprint density at radius 1 is 0.926 bits per heavy atom. The van der Waals surface area contributed by atoms with Gasteiger partial charge in [0.05, 0.1) is 18.8 Å². The second-order valence-electron chi connectivity index (χ2n) is 6.05. The molecule has 0 fully saturated rings. The fraction of sp³-hybridized carbons (Fsp3) is 0.136. The highest BCUT2D eigenvalue weighted by Crippen LogP contribution is 2.18. The average Bonchev–Trinajstić information content (AvgIpc) is 2.68. The van der Waals surface area contributed by atoms with E-state index in [0.717, 1.165) is 16.7 Å². The zero-order chi connectivity index (χ0) is 19.1. The van der Waals surface area contributed by atoms with Gasteiger partial charge >= 0.3 is 0 Å². The van der Waals surface area contributed by atoms with Crippen LogP contribution in [0.5, 0.6) is 0 Å². The summed E-state index contributed by atoms with van der Waals surface area (Å²) in [6.45, 7) is 1.36. The van der Waals surface area contributed by atoms with Gasteiger partial charge in [0.15, 0.2) is 0 Å². The minimum Gasteiger partial charge on any atom is -0.372 e. The smallest absolute Gasteiger partial charge is 0.252 e. The summed E-state index contributed by atoms with van der Waals surface area (Å²) in [4.78, 5) is 12.4. The van der Waals surface area contributed by atoms with Gasteiger partial charge in [-0.3, -0.25) is 4.79 Å². The number of carbonyl (C=O) groups is 1. The molecule has 0 aromatic heterocycles. The Balaban J connectivity index is 1.59. The van der Waals surface area contributed by atoms with Crippen LogP contribution >= 0.6 is 15.9 Å². The monoisotopic (exact) mass is 427 g/mol. The Labute approximate surface area is 166 Å². The zero-order valence-corrected chi connectivity index (χ0v) is 16.2. The number of benzene rings is 3. The molecule has 0 atom stereocenters. The summed E-state index contributed by atoms with van der Waals surface area (Å²) in [5.74, 6) is -0.652. The van der Waals surface area contributed by atoms with Crippen molar-refractivity contribution in [2.24, 2.45) is 0 Å². The predicted octanol–water partition coefficient (Wildman–Crippen LogP) is 5.24. The number of amides is 1. The maximum atomic E-state index is 13.2. The molecule has 0 spiro atoms. The van der Waals surface area contributed by atoms with Crippen molar-refractivity contribution in [1.29, 1.82) is 0 Å². The molecule has 0 aliphatic carbocycles. The standard InChI is InChI=1S/C22H19BrFNO2/c23-21-12-19(24)10-11-20(21)22(26)25-13-17-8-4-5-9-18(17)15-27-14-16-6-2-1-3-7-16/h1-12H,13-15H2,(H,25,26). The van der Waals surface area contributed by atoms with Crippen molar-refractivity contribution in [2.45, 2.75) is 19.8 Å². The maximum absolute atomic E-state index is 13.2. The van der Waals surface area contributed by atoms with Crippen LogP contribution in [0.3, 0.4) is 0 Å². The van der Waals surface area contributed by atoms with Crippen LogP contribution in [0.2, 0.25) is 0 Å². The minimum atomic E-state index is -0.390. The van der Waals surface area contributed by atoms with Gasteiger partial charge in [-0.15, -0.1) is 0 Å². The van der Waals surface area contributed by atoms with Crippen molar-refractivity contribution in [3.05, 3.63) is 105 Å². The Morgan fingerprint density at radius 3 is 2.37 bits per heavy atom. The quantitative estimate of drug-likeness (QED) is 0.560. The first kappa shape index (κ1) is 19.3. The number of rotatable bonds is 7. The summed E-state index contributed by atoms with van der Waals surface area (Å²) >= 11 is 3.22. The summed E-state index contributed by atoms with van der Waals surface area (Å²) in [6, 6.07) is 21.8. The van der Waals surface area contributed by atoms with Gasteiger partial charge in [0.2, 0.25) is 0 Å². The average molecular weight is 428 g/mol. The lowest BCUT2D eigenvalue weighted by Crippen LogP contribution is -2.24. The highest BCUT2D eigenvalue weighted by Gasteiger charge is 2.11. The third kappa shape index (κ3) is 5.49. The van der Waals surface area contributed by atoms with Crippen molar-refractivity contribution in [1.82, 2.24) is 5.32 Å². The van der Waals surface area contributed by atoms with Gasteiger partial charge in [-0.1, -0.05) is 54.6 Å². The highest BCUT2D eigenvalue weighted by atomic mass is 79.9. The van der Waals surface area contributed by atoms with E-state index in [1.165, 1.54) is 18.2 Å². The molecule has 5 heteroatoms. The van der Waals surface area contributed by atoms with Crippen molar-refractivity contribution in [3.63, 3.8) is 0 Å². The van der Waals surface area contributed by atoms with Crippen LogP contribution in [-0.4, -0.2) is 5.91 Å². The number of hydrogen-bond acceptors (Lipinski definition) is 2. The van der Waals surface area contributed by atoms with Crippen LogP contribution in [0.15, 0.2) is 77.3 Å². The van der Waals surface area contributed by atoms with E-state index in [1.54, 1.807) is 0 Å². The number of hydrogen-bond donors (Lipinski definition) is 1. The van der Waals surface area contributed by atoms with Crippen LogP contribution in [0.4, 0.5) is 4.39 Å². The first-order valence-corrected chi connectivity index (χ1v) is 9.34. The Bertz CT molecular complexity index is 915. The van der Waals surface area contributed by atoms with Gasteiger partial charge in [0, 0.05) is 11.0 Å². The van der Waals surface area contributed by atoms with Gasteiger partial charge in [0.1, 0.15) is 5.82 Å². The molecule has 0 saturated carbocycles. The van der Waals surface area contributed by atoms with Gasteiger partial charge in [-0.05, 0) is 50.8 Å². The van der Waals surface area contributed by atoms with E-state index in [-0.39, 0.29) is 11.7 Å². The molecule has 3 rings (SSSR count). The highest BCUT2D eigenvalue weighted by molar-refractivity contribution is 9.10. The summed E-state index contributed by atoms with van der Waals surface area (Å²) in [5.41, 5.74) is 3.52. The van der Waals surface area contributed by atoms with Crippen LogP contribution < -0.4 is 5.32 Å². The number of carbonyl (C=O) groups excluding carboxylic acids is 1. The van der Waals surface area contributed by atoms with E-state index in [0.29, 0.717) is 29.8 Å². The van der Waals surface area contributed by atoms with Gasteiger partial charge in [-0.2, -0.15) is 0 Å². The van der Waals surface area contributed by atoms with E-state index in [4.69, 9.17) is 4.74 Å². The van der Waals surface area contributed by atoms with Gasteiger partial charge < -0.3 is 10.1 Å². The summed E-state index contributed by atoms with van der Waals surface area (Å²) in [7, 11) is 0. The first-order chi connectivity index (χ1) is 13.1. The molecule has 0 radical (unpaired) electrons. The molecule has 0 saturated heterocycles. The molecule has 1 N–H and O–H groups in total. The summed E-state index contributed by atoms with van der Waals surface area (Å²) in [5, 5.41) is 2.88. The van der Waals surface area contributed by atoms with Crippen molar-refractivity contribution in [2.75, 3.05) is 0 Å². The zero-order valence-electron chi connectivity index (χ0n) is 14.6. The Morgan fingerprint density at radius 2 is 1.63 bits per heavy atom. The van der Waals surface area contributed by atoms with Crippen LogP contribution in [-0.2, 0) is 24.5 Å². The summed E-state index contributed by atoms with van der Waals surface area (Å²) in [6.07, 6.45) is 0. The Kier molecular flexibility index (Phi) is 6.74. The fourth-order valence-electron chi connectivity index (χ4n) is 2.67. The van der Waals surface area contributed by atoms with Crippen molar-refractivity contribution in [3.8, 4) is 0 Å². The van der Waals surface area contributed by atoms with Gasteiger partial charge in [-0.25, -0.2) is 4.39 Å². The van der Waals surface area contributed by atoms with Crippen LogP contribution in [0, 0.1) is 5.82 Å². The second-order valence-corrected chi connectivity index (χ2v) is 6.91. The number of nitrogens with one attached hydrogen (secondary N) is 1. The predicted molar refractivity (Wildman–Crippen MR) is 107 cm³/mol. The minimum absolute atomic E-state index is 0.262. The molecule has 0 bridgehead atoms. The van der Waals surface area contributed by atoms with E-state index >= 15 is 0 Å². The van der Waals surface area contributed by atoms with Crippen LogP contribution in [0.1, 0.15) is 27.0 Å². The normalized spacial score (nSPS) is 10.6. The second kappa shape index (κ2) is 9.44. The molecule has 3 aromatic rings. The molecule has 3 aromatic carbocycles. The van der Waals surface area contributed by atoms with Crippen molar-refractivity contribution >= 4 is 21.8 Å². The fourth-order valence-corrected chi connectivity index (χ4v) is 3.20. The Hall–Kier alpha value is -2.50. The largest absolute Gasteiger partial charge is 0.372 e. The lowest BCUT2D eigenvalue weighted by Gasteiger charge is -2.12. The molecule has 27 heavy (non-hydrogen) atoms. The molecular weight excluding hydrogens is 409 g/mol. The van der Waals surface area contributed by atoms with E-state index in [1.807, 2.05) is 54.6 Å². The van der Waals surface area contributed by atoms with E-state index in [9.17, 15) is 9.18 Å². The molecule has 0 aliphatic rings. The number of ether oxygens (including phenoxy) is 1. The molecule has 1 amide bonds. The third-order valence-corrected chi connectivity index (χ3v) is 4.76. The molecule has 138 valence electrons. The molecular formula is C22H19BrFNO2. The van der Waals surface area contributed by atoms with Crippen LogP contribution in [0.25, 0.3) is 0 Å². The summed E-state index contributed by atoms with van der Waals surface area (Å²) < 4.78 is 19.4.